The molecule has 0 aliphatic heterocycles. The standard InChI is InChI=1S/C8H16BrN/c1-10(2)8-5-3-7(9)4-6-8/h7-8H,3-6H2,1-2H3. The molecular formula is C8H16BrN. The molecule has 0 unspecified atom stereocenters. The summed E-state index contributed by atoms with van der Waals surface area (Å²) in [6, 6.07) is 0.841. The summed E-state index contributed by atoms with van der Waals surface area (Å²) in [5.74, 6) is 0. The van der Waals surface area contributed by atoms with E-state index in [1.807, 2.05) is 0 Å². The first-order valence-electron chi connectivity index (χ1n) is 4.00. The molecular weight excluding hydrogens is 190 g/mol. The van der Waals surface area contributed by atoms with Gasteiger partial charge in [-0.2, -0.15) is 0 Å². The fourth-order valence-electron chi connectivity index (χ4n) is 1.55. The maximum Gasteiger partial charge on any atom is 0.0147 e. The third-order valence-electron chi connectivity index (χ3n) is 2.36. The molecule has 1 aliphatic carbocycles. The Morgan fingerprint density at radius 2 is 1.60 bits per heavy atom. The second-order valence-electron chi connectivity index (χ2n) is 3.37. The Hall–Kier alpha value is 0.440. The summed E-state index contributed by atoms with van der Waals surface area (Å²) < 4.78 is 0. The van der Waals surface area contributed by atoms with Crippen LogP contribution in [0.3, 0.4) is 0 Å². The van der Waals surface area contributed by atoms with Crippen LogP contribution in [-0.4, -0.2) is 29.9 Å². The highest BCUT2D eigenvalue weighted by Gasteiger charge is 2.19. The van der Waals surface area contributed by atoms with E-state index in [0.29, 0.717) is 0 Å². The molecule has 10 heavy (non-hydrogen) atoms. The minimum atomic E-state index is 0.795. The highest BCUT2D eigenvalue weighted by molar-refractivity contribution is 9.09. The predicted molar refractivity (Wildman–Crippen MR) is 48.7 cm³/mol. The minimum Gasteiger partial charge on any atom is -0.306 e. The second-order valence-corrected chi connectivity index (χ2v) is 4.66. The van der Waals surface area contributed by atoms with Crippen molar-refractivity contribution in [3.05, 3.63) is 0 Å². The summed E-state index contributed by atoms with van der Waals surface area (Å²) in [5, 5.41) is 0. The van der Waals surface area contributed by atoms with Crippen molar-refractivity contribution in [3.63, 3.8) is 0 Å². The molecule has 0 atom stereocenters. The molecule has 0 saturated heterocycles. The average Bonchev–Trinajstić information content (AvgIpc) is 1.88. The molecule has 1 saturated carbocycles. The number of rotatable bonds is 1. The lowest BCUT2D eigenvalue weighted by Crippen LogP contribution is -2.32. The van der Waals surface area contributed by atoms with Crippen molar-refractivity contribution in [2.75, 3.05) is 14.1 Å². The maximum absolute atomic E-state index is 3.65. The molecule has 0 heterocycles. The number of alkyl halides is 1. The molecule has 0 aromatic rings. The Labute approximate surface area is 71.9 Å². The highest BCUT2D eigenvalue weighted by Crippen LogP contribution is 2.26. The third kappa shape index (κ3) is 2.24. The fourth-order valence-corrected chi connectivity index (χ4v) is 2.08. The Bertz CT molecular complexity index is 95.4. The van der Waals surface area contributed by atoms with Crippen molar-refractivity contribution in [2.24, 2.45) is 0 Å². The van der Waals surface area contributed by atoms with Gasteiger partial charge in [0.05, 0.1) is 0 Å². The molecule has 60 valence electrons. The first kappa shape index (κ1) is 8.54. The van der Waals surface area contributed by atoms with Gasteiger partial charge < -0.3 is 4.90 Å². The second kappa shape index (κ2) is 3.72. The smallest absolute Gasteiger partial charge is 0.0147 e. The number of halogens is 1. The third-order valence-corrected chi connectivity index (χ3v) is 3.27. The first-order chi connectivity index (χ1) is 4.70. The highest BCUT2D eigenvalue weighted by atomic mass is 79.9. The van der Waals surface area contributed by atoms with Gasteiger partial charge in [-0.15, -0.1) is 0 Å². The van der Waals surface area contributed by atoms with Crippen LogP contribution in [0.4, 0.5) is 0 Å². The van der Waals surface area contributed by atoms with E-state index in [1.165, 1.54) is 25.7 Å². The van der Waals surface area contributed by atoms with E-state index in [2.05, 4.69) is 34.9 Å². The van der Waals surface area contributed by atoms with Gasteiger partial charge in [0.2, 0.25) is 0 Å². The quantitative estimate of drug-likeness (QED) is 0.595. The molecule has 1 aliphatic rings. The van der Waals surface area contributed by atoms with Crippen LogP contribution in [0, 0.1) is 0 Å². The normalized spacial score (nSPS) is 34.8. The van der Waals surface area contributed by atoms with Crippen molar-refractivity contribution in [3.8, 4) is 0 Å². The van der Waals surface area contributed by atoms with Crippen LogP contribution >= 0.6 is 15.9 Å². The molecule has 0 aromatic carbocycles. The van der Waals surface area contributed by atoms with Crippen LogP contribution in [0.5, 0.6) is 0 Å². The zero-order chi connectivity index (χ0) is 7.56. The Morgan fingerprint density at radius 1 is 1.10 bits per heavy atom. The molecule has 0 N–H and O–H groups in total. The van der Waals surface area contributed by atoms with E-state index < -0.39 is 0 Å². The van der Waals surface area contributed by atoms with E-state index in [-0.39, 0.29) is 0 Å². The molecule has 0 bridgehead atoms. The predicted octanol–water partition coefficient (Wildman–Crippen LogP) is 2.25. The van der Waals surface area contributed by atoms with E-state index in [9.17, 15) is 0 Å². The SMILES string of the molecule is CN(C)C1CCC(Br)CC1. The lowest BCUT2D eigenvalue weighted by Gasteiger charge is -2.30. The van der Waals surface area contributed by atoms with E-state index >= 15 is 0 Å². The maximum atomic E-state index is 3.65. The summed E-state index contributed by atoms with van der Waals surface area (Å²) in [4.78, 5) is 3.14. The van der Waals surface area contributed by atoms with E-state index in [4.69, 9.17) is 0 Å². The fraction of sp³-hybridized carbons (Fsp3) is 1.00. The average molecular weight is 206 g/mol. The van der Waals surface area contributed by atoms with Gasteiger partial charge in [-0.25, -0.2) is 0 Å². The number of hydrogen-bond donors (Lipinski definition) is 0. The molecule has 0 radical (unpaired) electrons. The molecule has 0 amide bonds. The summed E-state index contributed by atoms with van der Waals surface area (Å²) >= 11 is 3.65. The zero-order valence-corrected chi connectivity index (χ0v) is 8.39. The lowest BCUT2D eigenvalue weighted by atomic mass is 9.95. The first-order valence-corrected chi connectivity index (χ1v) is 4.92. The van der Waals surface area contributed by atoms with E-state index in [0.717, 1.165) is 10.9 Å². The van der Waals surface area contributed by atoms with Gasteiger partial charge in [-0.1, -0.05) is 15.9 Å². The van der Waals surface area contributed by atoms with Crippen LogP contribution in [-0.2, 0) is 0 Å². The summed E-state index contributed by atoms with van der Waals surface area (Å²) in [5.41, 5.74) is 0. The van der Waals surface area contributed by atoms with Gasteiger partial charge in [0.15, 0.2) is 0 Å². The van der Waals surface area contributed by atoms with Gasteiger partial charge in [-0.3, -0.25) is 0 Å². The monoisotopic (exact) mass is 205 g/mol. The largest absolute Gasteiger partial charge is 0.306 e. The van der Waals surface area contributed by atoms with Crippen LogP contribution in [0.2, 0.25) is 0 Å². The summed E-state index contributed by atoms with van der Waals surface area (Å²) in [6.45, 7) is 0. The number of nitrogens with zero attached hydrogens (tertiary/aromatic N) is 1. The van der Waals surface area contributed by atoms with Crippen LogP contribution in [0.1, 0.15) is 25.7 Å². The Kier molecular flexibility index (Phi) is 3.18. The van der Waals surface area contributed by atoms with Crippen molar-refractivity contribution in [2.45, 2.75) is 36.6 Å². The molecule has 1 fully saturated rings. The molecule has 1 rings (SSSR count). The molecule has 2 heteroatoms. The van der Waals surface area contributed by atoms with Gasteiger partial charge in [0.25, 0.3) is 0 Å². The van der Waals surface area contributed by atoms with Gasteiger partial charge in [0.1, 0.15) is 0 Å². The Morgan fingerprint density at radius 3 is 2.00 bits per heavy atom. The van der Waals surface area contributed by atoms with Gasteiger partial charge in [0, 0.05) is 10.9 Å². The zero-order valence-electron chi connectivity index (χ0n) is 6.81. The molecule has 0 spiro atoms. The lowest BCUT2D eigenvalue weighted by molar-refractivity contribution is 0.233. The molecule has 0 aromatic heterocycles. The van der Waals surface area contributed by atoms with Crippen LogP contribution in [0.15, 0.2) is 0 Å². The van der Waals surface area contributed by atoms with Crippen molar-refractivity contribution in [1.29, 1.82) is 0 Å². The summed E-state index contributed by atoms with van der Waals surface area (Å²) in [6.07, 6.45) is 5.43. The van der Waals surface area contributed by atoms with Crippen molar-refractivity contribution >= 4 is 15.9 Å². The topological polar surface area (TPSA) is 3.24 Å². The minimum absolute atomic E-state index is 0.795. The number of hydrogen-bond acceptors (Lipinski definition) is 1. The van der Waals surface area contributed by atoms with Crippen molar-refractivity contribution < 1.29 is 0 Å². The molecule has 1 nitrogen and oxygen atoms in total. The van der Waals surface area contributed by atoms with Crippen LogP contribution < -0.4 is 0 Å². The van der Waals surface area contributed by atoms with Crippen molar-refractivity contribution in [1.82, 2.24) is 4.90 Å². The van der Waals surface area contributed by atoms with Gasteiger partial charge in [-0.05, 0) is 39.8 Å². The van der Waals surface area contributed by atoms with Crippen LogP contribution in [0.25, 0.3) is 0 Å². The van der Waals surface area contributed by atoms with Gasteiger partial charge >= 0.3 is 0 Å². The van der Waals surface area contributed by atoms with E-state index in [1.54, 1.807) is 0 Å². The summed E-state index contributed by atoms with van der Waals surface area (Å²) in [7, 11) is 4.36. The Balaban J connectivity index is 2.26.